The standard InChI is InChI=1S/C22H27N7O2/c1-28-20-13-15(3-8-19(20)25-27-28)18-9-10-29-21(18)14-23-22(26-29)24-16-4-6-17(7-5-16)31-12-11-30-2/h3,8-10,13-14,16-17H,4-7,11-12H2,1-2H3,(H,24,26)/t16-,17+. The highest BCUT2D eigenvalue weighted by atomic mass is 16.5. The Labute approximate surface area is 180 Å². The second-order valence-electron chi connectivity index (χ2n) is 8.04. The summed E-state index contributed by atoms with van der Waals surface area (Å²) in [5, 5.41) is 16.4. The van der Waals surface area contributed by atoms with Crippen molar-refractivity contribution in [1.29, 1.82) is 0 Å². The Morgan fingerprint density at radius 2 is 1.97 bits per heavy atom. The van der Waals surface area contributed by atoms with Gasteiger partial charge >= 0.3 is 0 Å². The van der Waals surface area contributed by atoms with Gasteiger partial charge in [0.25, 0.3) is 0 Å². The van der Waals surface area contributed by atoms with E-state index in [2.05, 4.69) is 43.9 Å². The molecular formula is C22H27N7O2. The summed E-state index contributed by atoms with van der Waals surface area (Å²) < 4.78 is 14.6. The molecule has 0 amide bonds. The maximum absolute atomic E-state index is 5.86. The molecule has 0 bridgehead atoms. The summed E-state index contributed by atoms with van der Waals surface area (Å²) >= 11 is 0. The number of hydrogen-bond donors (Lipinski definition) is 1. The Bertz CT molecular complexity index is 1180. The van der Waals surface area contributed by atoms with Crippen molar-refractivity contribution in [1.82, 2.24) is 29.6 Å². The number of nitrogens with zero attached hydrogens (tertiary/aromatic N) is 6. The molecule has 0 spiro atoms. The van der Waals surface area contributed by atoms with E-state index in [9.17, 15) is 0 Å². The van der Waals surface area contributed by atoms with Gasteiger partial charge < -0.3 is 14.8 Å². The average Bonchev–Trinajstić information content (AvgIpc) is 3.38. The largest absolute Gasteiger partial charge is 0.382 e. The van der Waals surface area contributed by atoms with E-state index < -0.39 is 0 Å². The van der Waals surface area contributed by atoms with Gasteiger partial charge in [-0.05, 0) is 49.4 Å². The summed E-state index contributed by atoms with van der Waals surface area (Å²) in [5.74, 6) is 0.657. The van der Waals surface area contributed by atoms with Crippen LogP contribution in [0.3, 0.4) is 0 Å². The van der Waals surface area contributed by atoms with Crippen molar-refractivity contribution in [2.24, 2.45) is 7.05 Å². The first-order valence-electron chi connectivity index (χ1n) is 10.7. The fourth-order valence-corrected chi connectivity index (χ4v) is 4.26. The zero-order valence-electron chi connectivity index (χ0n) is 17.9. The molecule has 1 aromatic carbocycles. The second kappa shape index (κ2) is 8.60. The molecule has 0 aliphatic heterocycles. The minimum Gasteiger partial charge on any atom is -0.382 e. The number of ether oxygens (including phenoxy) is 2. The Morgan fingerprint density at radius 1 is 1.10 bits per heavy atom. The summed E-state index contributed by atoms with van der Waals surface area (Å²) in [6.45, 7) is 1.32. The molecule has 31 heavy (non-hydrogen) atoms. The number of benzene rings is 1. The summed E-state index contributed by atoms with van der Waals surface area (Å²) in [6.07, 6.45) is 8.38. The van der Waals surface area contributed by atoms with Crippen LogP contribution in [0, 0.1) is 0 Å². The van der Waals surface area contributed by atoms with Gasteiger partial charge in [-0.3, -0.25) is 0 Å². The van der Waals surface area contributed by atoms with E-state index in [1.54, 1.807) is 11.8 Å². The molecule has 5 rings (SSSR count). The van der Waals surface area contributed by atoms with Crippen molar-refractivity contribution >= 4 is 22.5 Å². The van der Waals surface area contributed by atoms with E-state index in [0.29, 0.717) is 31.3 Å². The van der Waals surface area contributed by atoms with Gasteiger partial charge in [0.1, 0.15) is 5.52 Å². The zero-order chi connectivity index (χ0) is 21.2. The average molecular weight is 422 g/mol. The Kier molecular flexibility index (Phi) is 5.52. The highest BCUT2D eigenvalue weighted by molar-refractivity contribution is 5.87. The normalized spacial score (nSPS) is 19.3. The molecular weight excluding hydrogens is 394 g/mol. The third-order valence-electron chi connectivity index (χ3n) is 5.99. The topological polar surface area (TPSA) is 91.4 Å². The Hall–Kier alpha value is -3.04. The van der Waals surface area contributed by atoms with E-state index >= 15 is 0 Å². The molecule has 1 fully saturated rings. The SMILES string of the molecule is COCCO[C@H]1CC[C@@H](Nc2ncc3c(-c4ccc5nnn(C)c5c4)ccn3n2)CC1. The van der Waals surface area contributed by atoms with E-state index in [-0.39, 0.29) is 0 Å². The first-order chi connectivity index (χ1) is 15.2. The number of nitrogens with one attached hydrogen (secondary N) is 1. The summed E-state index contributed by atoms with van der Waals surface area (Å²) in [4.78, 5) is 4.59. The van der Waals surface area contributed by atoms with Crippen LogP contribution in [0.25, 0.3) is 27.7 Å². The third-order valence-corrected chi connectivity index (χ3v) is 5.99. The molecule has 1 saturated carbocycles. The first-order valence-corrected chi connectivity index (χ1v) is 10.7. The maximum Gasteiger partial charge on any atom is 0.241 e. The van der Waals surface area contributed by atoms with Crippen LogP contribution in [-0.4, -0.2) is 62.1 Å². The van der Waals surface area contributed by atoms with Crippen molar-refractivity contribution in [3.63, 3.8) is 0 Å². The summed E-state index contributed by atoms with van der Waals surface area (Å²) in [7, 11) is 3.60. The number of anilines is 1. The molecule has 1 N–H and O–H groups in total. The Morgan fingerprint density at radius 3 is 2.81 bits per heavy atom. The van der Waals surface area contributed by atoms with E-state index in [0.717, 1.165) is 53.4 Å². The van der Waals surface area contributed by atoms with Crippen LogP contribution in [-0.2, 0) is 16.5 Å². The van der Waals surface area contributed by atoms with Crippen LogP contribution in [0.1, 0.15) is 25.7 Å². The number of methoxy groups -OCH3 is 1. The fourth-order valence-electron chi connectivity index (χ4n) is 4.26. The van der Waals surface area contributed by atoms with Crippen LogP contribution < -0.4 is 5.32 Å². The summed E-state index contributed by atoms with van der Waals surface area (Å²) in [5.41, 5.74) is 5.03. The molecule has 3 heterocycles. The lowest BCUT2D eigenvalue weighted by Crippen LogP contribution is -2.31. The van der Waals surface area contributed by atoms with Crippen LogP contribution in [0.5, 0.6) is 0 Å². The van der Waals surface area contributed by atoms with E-state index in [1.807, 2.05) is 30.0 Å². The maximum atomic E-state index is 5.86. The number of aryl methyl sites for hydroxylation is 1. The van der Waals surface area contributed by atoms with Crippen LogP contribution in [0.4, 0.5) is 5.95 Å². The number of aromatic nitrogens is 6. The van der Waals surface area contributed by atoms with Gasteiger partial charge in [-0.25, -0.2) is 14.2 Å². The number of hydrogen-bond acceptors (Lipinski definition) is 7. The third kappa shape index (κ3) is 4.11. The molecule has 162 valence electrons. The molecule has 9 heteroatoms. The minimum absolute atomic E-state index is 0.329. The van der Waals surface area contributed by atoms with Gasteiger partial charge in [0, 0.05) is 32.0 Å². The van der Waals surface area contributed by atoms with Gasteiger partial charge in [-0.1, -0.05) is 11.3 Å². The molecule has 0 radical (unpaired) electrons. The molecule has 3 aromatic heterocycles. The summed E-state index contributed by atoms with van der Waals surface area (Å²) in [6, 6.07) is 8.60. The fraction of sp³-hybridized carbons (Fsp3) is 0.455. The van der Waals surface area contributed by atoms with E-state index in [1.165, 1.54) is 0 Å². The molecule has 0 saturated heterocycles. The predicted octanol–water partition coefficient (Wildman–Crippen LogP) is 3.06. The minimum atomic E-state index is 0.329. The van der Waals surface area contributed by atoms with Crippen LogP contribution in [0.15, 0.2) is 36.7 Å². The molecule has 1 aliphatic rings. The first kappa shape index (κ1) is 19.9. The van der Waals surface area contributed by atoms with Crippen molar-refractivity contribution in [2.45, 2.75) is 37.8 Å². The zero-order valence-corrected chi connectivity index (χ0v) is 17.9. The number of rotatable bonds is 7. The highest BCUT2D eigenvalue weighted by Gasteiger charge is 2.22. The lowest BCUT2D eigenvalue weighted by molar-refractivity contribution is -0.00158. The van der Waals surface area contributed by atoms with Gasteiger partial charge in [0.05, 0.1) is 36.5 Å². The molecule has 0 atom stereocenters. The van der Waals surface area contributed by atoms with Crippen molar-refractivity contribution in [2.75, 3.05) is 25.6 Å². The van der Waals surface area contributed by atoms with Gasteiger partial charge in [-0.15, -0.1) is 10.2 Å². The quantitative estimate of drug-likeness (QED) is 0.459. The van der Waals surface area contributed by atoms with Crippen LogP contribution in [0.2, 0.25) is 0 Å². The van der Waals surface area contributed by atoms with E-state index in [4.69, 9.17) is 9.47 Å². The highest BCUT2D eigenvalue weighted by Crippen LogP contribution is 2.28. The van der Waals surface area contributed by atoms with Crippen LogP contribution >= 0.6 is 0 Å². The number of fused-ring (bicyclic) bond motifs is 2. The molecule has 4 aromatic rings. The smallest absolute Gasteiger partial charge is 0.241 e. The lowest BCUT2D eigenvalue weighted by atomic mass is 9.93. The molecule has 1 aliphatic carbocycles. The van der Waals surface area contributed by atoms with Gasteiger partial charge in [0.2, 0.25) is 5.95 Å². The van der Waals surface area contributed by atoms with Crippen molar-refractivity contribution < 1.29 is 9.47 Å². The predicted molar refractivity (Wildman–Crippen MR) is 118 cm³/mol. The molecule has 9 nitrogen and oxygen atoms in total. The van der Waals surface area contributed by atoms with Crippen molar-refractivity contribution in [3.8, 4) is 11.1 Å². The monoisotopic (exact) mass is 421 g/mol. The van der Waals surface area contributed by atoms with Gasteiger partial charge in [0.15, 0.2) is 0 Å². The van der Waals surface area contributed by atoms with Crippen molar-refractivity contribution in [3.05, 3.63) is 36.7 Å². The second-order valence-corrected chi connectivity index (χ2v) is 8.04. The van der Waals surface area contributed by atoms with Gasteiger partial charge in [-0.2, -0.15) is 0 Å². The lowest BCUT2D eigenvalue weighted by Gasteiger charge is -2.29. The molecule has 0 unspecified atom stereocenters. The Balaban J connectivity index is 1.28.